The van der Waals surface area contributed by atoms with E-state index in [0.717, 1.165) is 50.9 Å². The second-order valence-electron chi connectivity index (χ2n) is 7.36. The predicted molar refractivity (Wildman–Crippen MR) is 113 cm³/mol. The van der Waals surface area contributed by atoms with Crippen LogP contribution in [0.15, 0.2) is 24.3 Å². The van der Waals surface area contributed by atoms with Crippen LogP contribution in [0.1, 0.15) is 32.1 Å². The lowest BCUT2D eigenvalue weighted by atomic mass is 10.1. The van der Waals surface area contributed by atoms with E-state index < -0.39 is 6.23 Å². The Morgan fingerprint density at radius 2 is 1.96 bits per heavy atom. The third-order valence-electron chi connectivity index (χ3n) is 5.39. The largest absolute Gasteiger partial charge is 0.495 e. The van der Waals surface area contributed by atoms with E-state index in [9.17, 15) is 9.90 Å². The Hall–Kier alpha value is -1.90. The first-order valence-corrected chi connectivity index (χ1v) is 10.4. The number of amides is 1. The van der Waals surface area contributed by atoms with Crippen LogP contribution in [0.2, 0.25) is 0 Å². The van der Waals surface area contributed by atoms with Crippen LogP contribution in [-0.2, 0) is 4.79 Å². The summed E-state index contributed by atoms with van der Waals surface area (Å²) in [6.45, 7) is 2.83. The Labute approximate surface area is 172 Å². The number of rotatable bonds is 6. The Balaban J connectivity index is 1.58. The molecule has 2 heterocycles. The first-order chi connectivity index (χ1) is 13.6. The van der Waals surface area contributed by atoms with E-state index in [-0.39, 0.29) is 11.9 Å². The lowest BCUT2D eigenvalue weighted by Gasteiger charge is -2.31. The van der Waals surface area contributed by atoms with Gasteiger partial charge in [-0.05, 0) is 56.5 Å². The lowest BCUT2D eigenvalue weighted by Crippen LogP contribution is -2.52. The standard InChI is InChI=1S/C20H30N4O3S/c1-27-17-10-3-2-8-15(17)21-20(28)22-16-9-4-5-13-24(19(16)26)14-18(25)23-11-6-7-12-23/h2-3,8,10,16,18,25H,4-7,9,11-14H2,1H3,(H2,21,22,28)/t16-,18?/m0/s1. The van der Waals surface area contributed by atoms with Gasteiger partial charge in [0.05, 0.1) is 19.3 Å². The van der Waals surface area contributed by atoms with Crippen LogP contribution < -0.4 is 15.4 Å². The number of anilines is 1. The molecule has 1 unspecified atom stereocenters. The number of hydrogen-bond acceptors (Lipinski definition) is 5. The molecule has 0 spiro atoms. The number of aliphatic hydroxyl groups excluding tert-OH is 1. The molecule has 2 fully saturated rings. The number of para-hydroxylation sites is 2. The quantitative estimate of drug-likeness (QED) is 0.622. The number of ether oxygens (including phenoxy) is 1. The summed E-state index contributed by atoms with van der Waals surface area (Å²) >= 11 is 5.43. The number of likely N-dealkylation sites (tertiary alicyclic amines) is 2. The van der Waals surface area contributed by atoms with Crippen molar-refractivity contribution in [1.82, 2.24) is 15.1 Å². The highest BCUT2D eigenvalue weighted by Gasteiger charge is 2.30. The van der Waals surface area contributed by atoms with Crippen LogP contribution in [0.5, 0.6) is 5.75 Å². The number of carbonyl (C=O) groups excluding carboxylic acids is 1. The molecule has 8 heteroatoms. The minimum absolute atomic E-state index is 0.0000707. The van der Waals surface area contributed by atoms with Gasteiger partial charge in [-0.15, -0.1) is 0 Å². The Kier molecular flexibility index (Phi) is 7.47. The molecule has 2 saturated heterocycles. The second-order valence-corrected chi connectivity index (χ2v) is 7.76. The molecule has 28 heavy (non-hydrogen) atoms. The summed E-state index contributed by atoms with van der Waals surface area (Å²) in [5.41, 5.74) is 0.755. The van der Waals surface area contributed by atoms with Gasteiger partial charge in [-0.25, -0.2) is 0 Å². The van der Waals surface area contributed by atoms with E-state index in [4.69, 9.17) is 17.0 Å². The highest BCUT2D eigenvalue weighted by Crippen LogP contribution is 2.23. The van der Waals surface area contributed by atoms with Gasteiger partial charge >= 0.3 is 0 Å². The van der Waals surface area contributed by atoms with E-state index in [1.54, 1.807) is 12.0 Å². The van der Waals surface area contributed by atoms with Crippen molar-refractivity contribution in [1.29, 1.82) is 0 Å². The predicted octanol–water partition coefficient (Wildman–Crippen LogP) is 1.78. The van der Waals surface area contributed by atoms with Gasteiger partial charge in [0.15, 0.2) is 5.11 Å². The van der Waals surface area contributed by atoms with Gasteiger partial charge in [-0.3, -0.25) is 9.69 Å². The summed E-state index contributed by atoms with van der Waals surface area (Å²) in [5.74, 6) is 0.689. The van der Waals surface area contributed by atoms with Gasteiger partial charge in [-0.1, -0.05) is 12.1 Å². The molecule has 0 radical (unpaired) electrons. The first kappa shape index (κ1) is 20.8. The zero-order chi connectivity index (χ0) is 19.9. The van der Waals surface area contributed by atoms with Crippen molar-refractivity contribution >= 4 is 28.9 Å². The molecule has 3 rings (SSSR count). The maximum Gasteiger partial charge on any atom is 0.245 e. The number of nitrogens with one attached hydrogen (secondary N) is 2. The van der Waals surface area contributed by atoms with Crippen molar-refractivity contribution in [2.24, 2.45) is 0 Å². The maximum absolute atomic E-state index is 13.0. The van der Waals surface area contributed by atoms with Gasteiger partial charge in [0, 0.05) is 19.6 Å². The first-order valence-electron chi connectivity index (χ1n) is 10.00. The summed E-state index contributed by atoms with van der Waals surface area (Å²) in [7, 11) is 1.61. The summed E-state index contributed by atoms with van der Waals surface area (Å²) < 4.78 is 5.33. The SMILES string of the molecule is COc1ccccc1NC(=S)N[C@H]1CCCCN(CC(O)N2CCCC2)C1=O. The highest BCUT2D eigenvalue weighted by atomic mass is 32.1. The fourth-order valence-electron chi connectivity index (χ4n) is 3.84. The Morgan fingerprint density at radius 3 is 2.71 bits per heavy atom. The molecule has 2 aliphatic rings. The molecule has 2 atom stereocenters. The average Bonchev–Trinajstić information content (AvgIpc) is 3.18. The molecular formula is C20H30N4O3S. The second kappa shape index (κ2) is 10.0. The molecule has 154 valence electrons. The normalized spacial score (nSPS) is 21.9. The molecule has 2 aliphatic heterocycles. The smallest absolute Gasteiger partial charge is 0.245 e. The maximum atomic E-state index is 13.0. The van der Waals surface area contributed by atoms with Crippen LogP contribution in [0.3, 0.4) is 0 Å². The summed E-state index contributed by atoms with van der Waals surface area (Å²) in [6, 6.07) is 7.12. The molecule has 3 N–H and O–H groups in total. The summed E-state index contributed by atoms with van der Waals surface area (Å²) in [4.78, 5) is 16.9. The van der Waals surface area contributed by atoms with Gasteiger partial charge in [0.2, 0.25) is 5.91 Å². The Bertz CT molecular complexity index is 681. The van der Waals surface area contributed by atoms with E-state index in [2.05, 4.69) is 15.5 Å². The number of hydrogen-bond donors (Lipinski definition) is 3. The fourth-order valence-corrected chi connectivity index (χ4v) is 4.09. The van der Waals surface area contributed by atoms with Crippen LogP contribution in [0.4, 0.5) is 5.69 Å². The lowest BCUT2D eigenvalue weighted by molar-refractivity contribution is -0.135. The molecule has 0 bridgehead atoms. The molecule has 1 amide bonds. The summed E-state index contributed by atoms with van der Waals surface area (Å²) in [5, 5.41) is 17.2. The number of benzene rings is 1. The minimum atomic E-state index is -0.594. The topological polar surface area (TPSA) is 77.1 Å². The highest BCUT2D eigenvalue weighted by molar-refractivity contribution is 7.80. The van der Waals surface area contributed by atoms with Crippen LogP contribution in [0.25, 0.3) is 0 Å². The number of aliphatic hydroxyl groups is 1. The Morgan fingerprint density at radius 1 is 1.25 bits per heavy atom. The van der Waals surface area contributed by atoms with E-state index in [1.165, 1.54) is 0 Å². The summed E-state index contributed by atoms with van der Waals surface area (Å²) in [6.07, 6.45) is 4.23. The molecule has 0 aliphatic carbocycles. The molecule has 0 saturated carbocycles. The zero-order valence-electron chi connectivity index (χ0n) is 16.4. The van der Waals surface area contributed by atoms with Crippen molar-refractivity contribution in [3.05, 3.63) is 24.3 Å². The molecule has 1 aromatic rings. The van der Waals surface area contributed by atoms with E-state index in [1.807, 2.05) is 24.3 Å². The third kappa shape index (κ3) is 5.33. The van der Waals surface area contributed by atoms with Gasteiger partial charge in [-0.2, -0.15) is 0 Å². The molecule has 0 aromatic heterocycles. The van der Waals surface area contributed by atoms with Gasteiger partial charge < -0.3 is 25.4 Å². The minimum Gasteiger partial charge on any atom is -0.495 e. The van der Waals surface area contributed by atoms with Crippen molar-refractivity contribution in [2.45, 2.75) is 44.4 Å². The van der Waals surface area contributed by atoms with Crippen molar-refractivity contribution in [2.75, 3.05) is 38.6 Å². The number of methoxy groups -OCH3 is 1. The fraction of sp³-hybridized carbons (Fsp3) is 0.600. The van der Waals surface area contributed by atoms with Gasteiger partial charge in [0.1, 0.15) is 18.0 Å². The monoisotopic (exact) mass is 406 g/mol. The van der Waals surface area contributed by atoms with Crippen molar-refractivity contribution < 1.29 is 14.6 Å². The van der Waals surface area contributed by atoms with Crippen LogP contribution in [0, 0.1) is 0 Å². The van der Waals surface area contributed by atoms with Crippen molar-refractivity contribution in [3.63, 3.8) is 0 Å². The van der Waals surface area contributed by atoms with Gasteiger partial charge in [0.25, 0.3) is 0 Å². The average molecular weight is 407 g/mol. The number of carbonyl (C=O) groups is 1. The number of β-amino-alcohol motifs (C(OH)–C–C–N with tert-alkyl or cyclic N) is 1. The van der Waals surface area contributed by atoms with Crippen LogP contribution >= 0.6 is 12.2 Å². The molecule has 7 nitrogen and oxygen atoms in total. The molecule has 1 aromatic carbocycles. The van der Waals surface area contributed by atoms with E-state index in [0.29, 0.717) is 24.0 Å². The zero-order valence-corrected chi connectivity index (χ0v) is 17.2. The third-order valence-corrected chi connectivity index (χ3v) is 5.61. The van der Waals surface area contributed by atoms with E-state index >= 15 is 0 Å². The van der Waals surface area contributed by atoms with Crippen LogP contribution in [-0.4, -0.2) is 71.5 Å². The molecular weight excluding hydrogens is 376 g/mol. The number of thiocarbonyl (C=S) groups is 1. The number of nitrogens with zero attached hydrogens (tertiary/aromatic N) is 2. The van der Waals surface area contributed by atoms with Crippen molar-refractivity contribution in [3.8, 4) is 5.75 Å².